The number of nitro benzene ring substituents is 1. The van der Waals surface area contributed by atoms with Gasteiger partial charge in [0.1, 0.15) is 29.6 Å². The summed E-state index contributed by atoms with van der Waals surface area (Å²) in [4.78, 5) is 22.6. The molecule has 9 heteroatoms. The molecule has 0 fully saturated rings. The van der Waals surface area contributed by atoms with Crippen LogP contribution in [0.1, 0.15) is 16.3 Å². The van der Waals surface area contributed by atoms with Crippen LogP contribution < -0.4 is 10.1 Å². The Morgan fingerprint density at radius 1 is 1.22 bits per heavy atom. The molecule has 0 saturated carbocycles. The molecule has 0 unspecified atom stereocenters. The van der Waals surface area contributed by atoms with Crippen LogP contribution in [0.2, 0.25) is 5.02 Å². The topological polar surface area (TPSA) is 94.6 Å². The fourth-order valence-corrected chi connectivity index (χ4v) is 2.46. The molecule has 27 heavy (non-hydrogen) atoms. The van der Waals surface area contributed by atoms with E-state index in [0.29, 0.717) is 5.76 Å². The molecule has 3 rings (SSSR count). The number of hydrogen-bond acceptors (Lipinski definition) is 5. The molecule has 1 amide bonds. The van der Waals surface area contributed by atoms with Crippen molar-refractivity contribution < 1.29 is 23.3 Å². The Hall–Kier alpha value is -3.39. The molecule has 0 radical (unpaired) electrons. The Labute approximate surface area is 157 Å². The number of carbonyl (C=O) groups is 1. The molecule has 0 spiro atoms. The Morgan fingerprint density at radius 2 is 2.00 bits per heavy atom. The van der Waals surface area contributed by atoms with Gasteiger partial charge in [0, 0.05) is 6.07 Å². The maximum atomic E-state index is 13.0. The highest BCUT2D eigenvalue weighted by Crippen LogP contribution is 2.26. The molecule has 0 aliphatic carbocycles. The van der Waals surface area contributed by atoms with Crippen molar-refractivity contribution in [2.24, 2.45) is 0 Å². The molecule has 0 aliphatic heterocycles. The molecular weight excluding hydrogens is 379 g/mol. The number of nitro groups is 1. The second kappa shape index (κ2) is 7.88. The molecule has 0 bridgehead atoms. The number of benzene rings is 2. The summed E-state index contributed by atoms with van der Waals surface area (Å²) in [6.07, 6.45) is 0. The number of para-hydroxylation sites is 2. The van der Waals surface area contributed by atoms with Crippen LogP contribution in [-0.4, -0.2) is 10.8 Å². The SMILES string of the molecule is O=C(Nc1ccccc1[N+](=O)[O-])c1ccc(COc2ccc(F)cc2Cl)o1. The lowest BCUT2D eigenvalue weighted by atomic mass is 10.2. The van der Waals surface area contributed by atoms with E-state index in [-0.39, 0.29) is 34.5 Å². The zero-order valence-corrected chi connectivity index (χ0v) is 14.4. The highest BCUT2D eigenvalue weighted by Gasteiger charge is 2.18. The van der Waals surface area contributed by atoms with Crippen LogP contribution in [0.5, 0.6) is 5.75 Å². The molecule has 1 heterocycles. The van der Waals surface area contributed by atoms with Gasteiger partial charge in [0.25, 0.3) is 11.6 Å². The Bertz CT molecular complexity index is 1000. The van der Waals surface area contributed by atoms with E-state index in [0.717, 1.165) is 6.07 Å². The first-order chi connectivity index (χ1) is 12.9. The van der Waals surface area contributed by atoms with Gasteiger partial charge in [-0.25, -0.2) is 4.39 Å². The third kappa shape index (κ3) is 4.42. The predicted octanol–water partition coefficient (Wildman–Crippen LogP) is 4.81. The highest BCUT2D eigenvalue weighted by molar-refractivity contribution is 6.32. The van der Waals surface area contributed by atoms with Crippen LogP contribution in [0.4, 0.5) is 15.8 Å². The number of anilines is 1. The molecule has 1 N–H and O–H groups in total. The smallest absolute Gasteiger partial charge is 0.292 e. The van der Waals surface area contributed by atoms with Crippen molar-refractivity contribution in [3.05, 3.63) is 87.1 Å². The van der Waals surface area contributed by atoms with E-state index in [9.17, 15) is 19.3 Å². The van der Waals surface area contributed by atoms with Crippen LogP contribution in [0.3, 0.4) is 0 Å². The summed E-state index contributed by atoms with van der Waals surface area (Å²) in [5, 5.41) is 13.5. The van der Waals surface area contributed by atoms with Crippen molar-refractivity contribution in [3.8, 4) is 5.75 Å². The van der Waals surface area contributed by atoms with Gasteiger partial charge in [-0.3, -0.25) is 14.9 Å². The number of amides is 1. The van der Waals surface area contributed by atoms with Crippen molar-refractivity contribution in [1.29, 1.82) is 0 Å². The van der Waals surface area contributed by atoms with Crippen molar-refractivity contribution in [2.45, 2.75) is 6.61 Å². The normalized spacial score (nSPS) is 10.4. The van der Waals surface area contributed by atoms with Crippen LogP contribution in [0.15, 0.2) is 59.0 Å². The van der Waals surface area contributed by atoms with Crippen molar-refractivity contribution >= 4 is 28.9 Å². The van der Waals surface area contributed by atoms with Gasteiger partial charge in [0.05, 0.1) is 9.95 Å². The van der Waals surface area contributed by atoms with Crippen LogP contribution in [0.25, 0.3) is 0 Å². The third-order valence-electron chi connectivity index (χ3n) is 3.50. The summed E-state index contributed by atoms with van der Waals surface area (Å²) in [6, 6.07) is 12.4. The Balaban J connectivity index is 1.67. The summed E-state index contributed by atoms with van der Waals surface area (Å²) in [7, 11) is 0. The molecule has 0 saturated heterocycles. The monoisotopic (exact) mass is 390 g/mol. The molecule has 2 aromatic carbocycles. The van der Waals surface area contributed by atoms with Crippen LogP contribution in [0, 0.1) is 15.9 Å². The van der Waals surface area contributed by atoms with Crippen molar-refractivity contribution in [3.63, 3.8) is 0 Å². The minimum absolute atomic E-state index is 0.0376. The first-order valence-corrected chi connectivity index (χ1v) is 8.03. The second-order valence-electron chi connectivity index (χ2n) is 5.36. The average Bonchev–Trinajstić information content (AvgIpc) is 3.10. The fraction of sp³-hybridized carbons (Fsp3) is 0.0556. The molecule has 0 atom stereocenters. The fourth-order valence-electron chi connectivity index (χ4n) is 2.24. The quantitative estimate of drug-likeness (QED) is 0.481. The molecule has 3 aromatic rings. The van der Waals surface area contributed by atoms with Gasteiger partial charge in [-0.05, 0) is 36.4 Å². The maximum Gasteiger partial charge on any atom is 0.292 e. The van der Waals surface area contributed by atoms with Gasteiger partial charge in [-0.1, -0.05) is 23.7 Å². The third-order valence-corrected chi connectivity index (χ3v) is 3.79. The summed E-state index contributed by atoms with van der Waals surface area (Å²) in [6.45, 7) is -0.0376. The van der Waals surface area contributed by atoms with Gasteiger partial charge in [-0.2, -0.15) is 0 Å². The maximum absolute atomic E-state index is 13.0. The molecular formula is C18H12ClFN2O5. The summed E-state index contributed by atoms with van der Waals surface area (Å²) in [5.41, 5.74) is -0.174. The number of carbonyl (C=O) groups excluding carboxylic acids is 1. The van der Waals surface area contributed by atoms with Gasteiger partial charge in [0.2, 0.25) is 0 Å². The van der Waals surface area contributed by atoms with Crippen LogP contribution >= 0.6 is 11.6 Å². The average molecular weight is 391 g/mol. The number of hydrogen-bond donors (Lipinski definition) is 1. The summed E-state index contributed by atoms with van der Waals surface area (Å²) < 4.78 is 23.8. The number of halogens is 2. The molecule has 0 aliphatic rings. The lowest BCUT2D eigenvalue weighted by Gasteiger charge is -2.06. The summed E-state index contributed by atoms with van der Waals surface area (Å²) >= 11 is 5.87. The zero-order valence-electron chi connectivity index (χ0n) is 13.6. The van der Waals surface area contributed by atoms with Gasteiger partial charge >= 0.3 is 0 Å². The molecule has 7 nitrogen and oxygen atoms in total. The van der Waals surface area contributed by atoms with Gasteiger partial charge in [0.15, 0.2) is 5.76 Å². The minimum Gasteiger partial charge on any atom is -0.484 e. The van der Waals surface area contributed by atoms with E-state index >= 15 is 0 Å². The molecule has 1 aromatic heterocycles. The molecule has 138 valence electrons. The van der Waals surface area contributed by atoms with Gasteiger partial charge in [-0.15, -0.1) is 0 Å². The highest BCUT2D eigenvalue weighted by atomic mass is 35.5. The summed E-state index contributed by atoms with van der Waals surface area (Å²) in [5.74, 6) is -0.588. The van der Waals surface area contributed by atoms with E-state index in [1.807, 2.05) is 0 Å². The minimum atomic E-state index is -0.643. The first-order valence-electron chi connectivity index (χ1n) is 7.65. The number of rotatable bonds is 6. The second-order valence-corrected chi connectivity index (χ2v) is 5.76. The van der Waals surface area contributed by atoms with E-state index in [2.05, 4.69) is 5.32 Å². The van der Waals surface area contributed by atoms with Gasteiger partial charge < -0.3 is 14.5 Å². The number of nitrogens with one attached hydrogen (secondary N) is 1. The standard InChI is InChI=1S/C18H12ClFN2O5/c19-13-9-11(20)5-7-16(13)26-10-12-6-8-17(27-12)18(23)21-14-3-1-2-4-15(14)22(24)25/h1-9H,10H2,(H,21,23). The first kappa shape index (κ1) is 18.4. The van der Waals surface area contributed by atoms with E-state index in [4.69, 9.17) is 20.8 Å². The Kier molecular flexibility index (Phi) is 5.37. The van der Waals surface area contributed by atoms with E-state index < -0.39 is 16.6 Å². The lowest BCUT2D eigenvalue weighted by molar-refractivity contribution is -0.383. The number of nitrogens with zero attached hydrogens (tertiary/aromatic N) is 1. The lowest BCUT2D eigenvalue weighted by Crippen LogP contribution is -2.12. The predicted molar refractivity (Wildman–Crippen MR) is 95.5 cm³/mol. The van der Waals surface area contributed by atoms with Crippen molar-refractivity contribution in [1.82, 2.24) is 0 Å². The van der Waals surface area contributed by atoms with E-state index in [1.54, 1.807) is 6.07 Å². The largest absolute Gasteiger partial charge is 0.484 e. The van der Waals surface area contributed by atoms with Crippen LogP contribution in [-0.2, 0) is 6.61 Å². The Morgan fingerprint density at radius 3 is 2.74 bits per heavy atom. The zero-order chi connectivity index (χ0) is 19.4. The van der Waals surface area contributed by atoms with E-state index in [1.165, 1.54) is 42.5 Å². The number of furan rings is 1. The van der Waals surface area contributed by atoms with Crippen molar-refractivity contribution in [2.75, 3.05) is 5.32 Å². The number of ether oxygens (including phenoxy) is 1.